The Morgan fingerprint density at radius 2 is 1.37 bits per heavy atom. The van der Waals surface area contributed by atoms with Crippen LogP contribution in [0.1, 0.15) is 29.6 Å². The molecule has 1 aliphatic heterocycles. The molecule has 0 aliphatic carbocycles. The number of aromatic nitrogens is 1. The van der Waals surface area contributed by atoms with E-state index in [9.17, 15) is 0 Å². The number of anilines is 1. The topological polar surface area (TPSA) is 17.0 Å². The molecule has 0 amide bonds. The van der Waals surface area contributed by atoms with Gasteiger partial charge in [-0.1, -0.05) is 82.7 Å². The molecule has 5 aromatic rings. The molecule has 2 nitrogen and oxygen atoms in total. The van der Waals surface area contributed by atoms with E-state index in [0.717, 1.165) is 10.9 Å². The van der Waals surface area contributed by atoms with E-state index in [-0.39, 0.29) is 12.1 Å². The fourth-order valence-electron chi connectivity index (χ4n) is 4.98. The standard InChI is InChI=1S/C27H21BrN2/c28-19-14-15-23-22(16-19)27(17-24(29-23)18-8-2-1-3-9-18)30-25-12-6-4-10-20(25)21-11-5-7-13-26(21)30/h1-16,24,27,29H,17H2. The molecule has 2 atom stereocenters. The summed E-state index contributed by atoms with van der Waals surface area (Å²) in [6.07, 6.45) is 0.996. The predicted octanol–water partition coefficient (Wildman–Crippen LogP) is 7.70. The number of rotatable bonds is 2. The summed E-state index contributed by atoms with van der Waals surface area (Å²) >= 11 is 3.70. The summed E-state index contributed by atoms with van der Waals surface area (Å²) < 4.78 is 3.67. The van der Waals surface area contributed by atoms with Crippen LogP contribution in [0.5, 0.6) is 0 Å². The van der Waals surface area contributed by atoms with Crippen LogP contribution >= 0.6 is 15.9 Å². The third-order valence-electron chi connectivity index (χ3n) is 6.29. The van der Waals surface area contributed by atoms with E-state index >= 15 is 0 Å². The molecule has 0 radical (unpaired) electrons. The summed E-state index contributed by atoms with van der Waals surface area (Å²) in [4.78, 5) is 0. The van der Waals surface area contributed by atoms with E-state index in [1.54, 1.807) is 0 Å². The number of nitrogens with one attached hydrogen (secondary N) is 1. The van der Waals surface area contributed by atoms with Crippen molar-refractivity contribution in [2.45, 2.75) is 18.5 Å². The van der Waals surface area contributed by atoms with E-state index in [1.807, 2.05) is 0 Å². The highest BCUT2D eigenvalue weighted by Crippen LogP contribution is 2.45. The molecule has 0 saturated heterocycles. The minimum Gasteiger partial charge on any atom is -0.378 e. The van der Waals surface area contributed by atoms with Crippen molar-refractivity contribution in [3.8, 4) is 0 Å². The molecular weight excluding hydrogens is 432 g/mol. The first-order chi connectivity index (χ1) is 14.8. The zero-order valence-electron chi connectivity index (χ0n) is 16.4. The smallest absolute Gasteiger partial charge is 0.0635 e. The van der Waals surface area contributed by atoms with Gasteiger partial charge in [-0.2, -0.15) is 0 Å². The summed E-state index contributed by atoms with van der Waals surface area (Å²) in [7, 11) is 0. The quantitative estimate of drug-likeness (QED) is 0.290. The van der Waals surface area contributed by atoms with Crippen LogP contribution in [0.15, 0.2) is 102 Å². The van der Waals surface area contributed by atoms with Crippen molar-refractivity contribution in [2.24, 2.45) is 0 Å². The van der Waals surface area contributed by atoms with E-state index in [0.29, 0.717) is 0 Å². The fraction of sp³-hybridized carbons (Fsp3) is 0.111. The van der Waals surface area contributed by atoms with Crippen LogP contribution in [0, 0.1) is 0 Å². The average molecular weight is 453 g/mol. The van der Waals surface area contributed by atoms with Crippen molar-refractivity contribution in [2.75, 3.05) is 5.32 Å². The zero-order chi connectivity index (χ0) is 20.1. The lowest BCUT2D eigenvalue weighted by atomic mass is 9.89. The molecule has 4 aromatic carbocycles. The number of fused-ring (bicyclic) bond motifs is 4. The monoisotopic (exact) mass is 452 g/mol. The number of halogens is 1. The second kappa shape index (κ2) is 7.03. The van der Waals surface area contributed by atoms with E-state index in [4.69, 9.17) is 0 Å². The predicted molar refractivity (Wildman–Crippen MR) is 129 cm³/mol. The third-order valence-corrected chi connectivity index (χ3v) is 6.79. The molecule has 146 valence electrons. The maximum atomic E-state index is 3.79. The van der Waals surface area contributed by atoms with Crippen LogP contribution in [0.25, 0.3) is 21.8 Å². The molecule has 3 heteroatoms. The number of hydrogen-bond donors (Lipinski definition) is 1. The lowest BCUT2D eigenvalue weighted by molar-refractivity contribution is 0.505. The summed E-state index contributed by atoms with van der Waals surface area (Å²) in [5.41, 5.74) is 6.47. The van der Waals surface area contributed by atoms with Gasteiger partial charge < -0.3 is 9.88 Å². The minimum absolute atomic E-state index is 0.244. The number of para-hydroxylation sites is 2. The Kier molecular flexibility index (Phi) is 4.17. The van der Waals surface area contributed by atoms with Gasteiger partial charge >= 0.3 is 0 Å². The van der Waals surface area contributed by atoms with Gasteiger partial charge in [0.1, 0.15) is 0 Å². The van der Waals surface area contributed by atoms with Gasteiger partial charge in [-0.25, -0.2) is 0 Å². The molecule has 0 saturated carbocycles. The molecule has 1 aromatic heterocycles. The normalized spacial score (nSPS) is 18.3. The van der Waals surface area contributed by atoms with E-state index in [1.165, 1.54) is 38.6 Å². The van der Waals surface area contributed by atoms with Gasteiger partial charge in [-0.05, 0) is 47.9 Å². The maximum Gasteiger partial charge on any atom is 0.0635 e. The number of benzene rings is 4. The fourth-order valence-corrected chi connectivity index (χ4v) is 5.35. The van der Waals surface area contributed by atoms with Crippen molar-refractivity contribution >= 4 is 43.4 Å². The summed E-state index contributed by atoms with van der Waals surface area (Å²) in [5.74, 6) is 0. The van der Waals surface area contributed by atoms with Crippen molar-refractivity contribution in [1.29, 1.82) is 0 Å². The van der Waals surface area contributed by atoms with Gasteiger partial charge in [0, 0.05) is 32.0 Å². The molecule has 0 bridgehead atoms. The highest BCUT2D eigenvalue weighted by atomic mass is 79.9. The molecule has 2 heterocycles. The Hall–Kier alpha value is -3.04. The second-order valence-electron chi connectivity index (χ2n) is 7.99. The lowest BCUT2D eigenvalue weighted by Gasteiger charge is -2.35. The Morgan fingerprint density at radius 3 is 2.07 bits per heavy atom. The molecule has 0 fully saturated rings. The van der Waals surface area contributed by atoms with Crippen molar-refractivity contribution in [1.82, 2.24) is 4.57 Å². The van der Waals surface area contributed by atoms with Crippen LogP contribution in [0.4, 0.5) is 5.69 Å². The Bertz CT molecular complexity index is 1320. The zero-order valence-corrected chi connectivity index (χ0v) is 18.0. The van der Waals surface area contributed by atoms with Crippen molar-refractivity contribution in [3.05, 3.63) is 113 Å². The van der Waals surface area contributed by atoms with Crippen molar-refractivity contribution < 1.29 is 0 Å². The van der Waals surface area contributed by atoms with Gasteiger partial charge in [0.25, 0.3) is 0 Å². The lowest BCUT2D eigenvalue weighted by Crippen LogP contribution is -2.25. The third kappa shape index (κ3) is 2.77. The first-order valence-corrected chi connectivity index (χ1v) is 11.2. The molecule has 0 spiro atoms. The van der Waals surface area contributed by atoms with Crippen LogP contribution in [-0.2, 0) is 0 Å². The van der Waals surface area contributed by atoms with Crippen LogP contribution in [-0.4, -0.2) is 4.57 Å². The van der Waals surface area contributed by atoms with Gasteiger partial charge in [-0.3, -0.25) is 0 Å². The highest BCUT2D eigenvalue weighted by molar-refractivity contribution is 9.10. The van der Waals surface area contributed by atoms with Crippen LogP contribution < -0.4 is 5.32 Å². The summed E-state index contributed by atoms with van der Waals surface area (Å²) in [6, 6.07) is 35.5. The van der Waals surface area contributed by atoms with Crippen LogP contribution in [0.2, 0.25) is 0 Å². The summed E-state index contributed by atoms with van der Waals surface area (Å²) in [5, 5.41) is 6.43. The van der Waals surface area contributed by atoms with Gasteiger partial charge in [0.15, 0.2) is 0 Å². The van der Waals surface area contributed by atoms with Crippen LogP contribution in [0.3, 0.4) is 0 Å². The van der Waals surface area contributed by atoms with Gasteiger partial charge in [0.05, 0.1) is 12.1 Å². The van der Waals surface area contributed by atoms with Gasteiger partial charge in [-0.15, -0.1) is 0 Å². The SMILES string of the molecule is Brc1ccc2c(c1)C(n1c3ccccc3c3ccccc31)CC(c1ccccc1)N2. The molecule has 1 N–H and O–H groups in total. The Labute approximate surface area is 184 Å². The largest absolute Gasteiger partial charge is 0.378 e. The average Bonchev–Trinajstić information content (AvgIpc) is 3.13. The maximum absolute atomic E-state index is 3.79. The minimum atomic E-state index is 0.244. The first kappa shape index (κ1) is 17.8. The Balaban J connectivity index is 1.62. The molecule has 6 rings (SSSR count). The summed E-state index contributed by atoms with van der Waals surface area (Å²) in [6.45, 7) is 0. The van der Waals surface area contributed by atoms with Crippen molar-refractivity contribution in [3.63, 3.8) is 0 Å². The number of nitrogens with zero attached hydrogens (tertiary/aromatic N) is 1. The molecule has 30 heavy (non-hydrogen) atoms. The highest BCUT2D eigenvalue weighted by Gasteiger charge is 2.30. The Morgan fingerprint density at radius 1 is 0.733 bits per heavy atom. The van der Waals surface area contributed by atoms with E-state index < -0.39 is 0 Å². The molecule has 2 unspecified atom stereocenters. The molecular formula is C27H21BrN2. The molecule has 1 aliphatic rings. The van der Waals surface area contributed by atoms with E-state index in [2.05, 4.69) is 123 Å². The van der Waals surface area contributed by atoms with Gasteiger partial charge in [0.2, 0.25) is 0 Å². The number of hydrogen-bond acceptors (Lipinski definition) is 1. The second-order valence-corrected chi connectivity index (χ2v) is 8.91. The first-order valence-electron chi connectivity index (χ1n) is 10.4.